The molecule has 2 unspecified atom stereocenters. The van der Waals surface area contributed by atoms with E-state index in [1.165, 1.54) is 4.90 Å². The molecule has 3 aromatic rings. The number of carbonyl (C=O) groups is 3. The van der Waals surface area contributed by atoms with E-state index in [4.69, 9.17) is 23.7 Å². The lowest BCUT2D eigenvalue weighted by atomic mass is 9.97. The molecule has 2 N–H and O–H groups in total. The van der Waals surface area contributed by atoms with Gasteiger partial charge in [-0.1, -0.05) is 24.3 Å². The van der Waals surface area contributed by atoms with Crippen LogP contribution in [0.3, 0.4) is 0 Å². The first-order chi connectivity index (χ1) is 26.7. The van der Waals surface area contributed by atoms with Gasteiger partial charge in [-0.3, -0.25) is 14.6 Å². The van der Waals surface area contributed by atoms with Gasteiger partial charge in [0, 0.05) is 56.8 Å². The molecule has 13 nitrogen and oxygen atoms in total. The summed E-state index contributed by atoms with van der Waals surface area (Å²) >= 11 is 0. The van der Waals surface area contributed by atoms with Crippen LogP contribution in [0.25, 0.3) is 0 Å². The van der Waals surface area contributed by atoms with Crippen molar-refractivity contribution in [2.45, 2.75) is 63.6 Å². The molecule has 1 fully saturated rings. The van der Waals surface area contributed by atoms with Crippen molar-refractivity contribution >= 4 is 36.0 Å². The molecule has 13 heteroatoms. The molecule has 0 radical (unpaired) electrons. The fraction of sp³-hybridized carbons (Fsp3) is 0.429. The molecule has 0 saturated carbocycles. The number of rotatable bonds is 18. The number of benzene rings is 3. The first-order valence-electron chi connectivity index (χ1n) is 18.7. The Bertz CT molecular complexity index is 1810. The number of ether oxygens (including phenoxy) is 5. The highest BCUT2D eigenvalue weighted by molar-refractivity contribution is 5.95. The number of aliphatic imine (C=N–C) groups is 1. The smallest absolute Gasteiger partial charge is 0.409 e. The fourth-order valence-corrected chi connectivity index (χ4v) is 6.73. The Kier molecular flexibility index (Phi) is 14.8. The van der Waals surface area contributed by atoms with Crippen LogP contribution in [0.2, 0.25) is 0 Å². The number of amides is 3. The van der Waals surface area contributed by atoms with Crippen molar-refractivity contribution in [3.05, 3.63) is 83.4 Å². The topological polar surface area (TPSA) is 140 Å². The SMILES string of the molecule is C=C1Cc2cc(OC)c(OCCCCCOc3ccc(C(=O)N4CCCC4CN(C)C(=O)OCc4ccc(NC)cc4)cc3OC)cc2N=CC(NC=O)C1. The van der Waals surface area contributed by atoms with Gasteiger partial charge in [-0.2, -0.15) is 0 Å². The van der Waals surface area contributed by atoms with Gasteiger partial charge in [-0.15, -0.1) is 0 Å². The number of anilines is 1. The lowest BCUT2D eigenvalue weighted by Crippen LogP contribution is -2.44. The number of likely N-dealkylation sites (N-methyl/N-ethyl adjacent to an activating group) is 1. The zero-order chi connectivity index (χ0) is 39.2. The Balaban J connectivity index is 1.06. The Morgan fingerprint density at radius 2 is 1.69 bits per heavy atom. The second-order valence-electron chi connectivity index (χ2n) is 13.7. The van der Waals surface area contributed by atoms with E-state index in [0.717, 1.165) is 60.2 Å². The van der Waals surface area contributed by atoms with Crippen LogP contribution in [0.5, 0.6) is 23.0 Å². The maximum Gasteiger partial charge on any atom is 0.409 e. The van der Waals surface area contributed by atoms with Gasteiger partial charge in [0.1, 0.15) is 6.61 Å². The number of methoxy groups -OCH3 is 2. The van der Waals surface area contributed by atoms with Gasteiger partial charge >= 0.3 is 6.09 Å². The molecule has 0 spiro atoms. The minimum Gasteiger partial charge on any atom is -0.493 e. The van der Waals surface area contributed by atoms with E-state index < -0.39 is 6.09 Å². The standard InChI is InChI=1S/C42H53N5O8/c1-29-20-32-23-39(52-5)40(24-36(32)44-25-34(21-29)45-28-48)54-19-8-6-7-18-53-37-16-13-31(22-38(37)51-4)41(49)47-17-9-10-35(47)26-46(3)42(50)55-27-30-11-14-33(43-2)15-12-30/h11-16,22-25,28,34-35,43H,1,6-10,17-21,26-27H2,2-5H3,(H,45,48). The molecular formula is C42H53N5O8. The summed E-state index contributed by atoms with van der Waals surface area (Å²) in [4.78, 5) is 45.4. The van der Waals surface area contributed by atoms with E-state index in [2.05, 4.69) is 22.2 Å². The zero-order valence-corrected chi connectivity index (χ0v) is 32.3. The monoisotopic (exact) mass is 755 g/mol. The summed E-state index contributed by atoms with van der Waals surface area (Å²) < 4.78 is 28.9. The van der Waals surface area contributed by atoms with E-state index in [1.807, 2.05) is 48.3 Å². The van der Waals surface area contributed by atoms with Crippen LogP contribution in [0.15, 0.2) is 71.7 Å². The number of nitrogens with one attached hydrogen (secondary N) is 2. The van der Waals surface area contributed by atoms with Crippen LogP contribution >= 0.6 is 0 Å². The average molecular weight is 756 g/mol. The molecule has 0 bridgehead atoms. The predicted molar refractivity (Wildman–Crippen MR) is 212 cm³/mol. The third-order valence-electron chi connectivity index (χ3n) is 9.74. The third-order valence-corrected chi connectivity index (χ3v) is 9.74. The molecule has 2 aliphatic rings. The summed E-state index contributed by atoms with van der Waals surface area (Å²) in [6.07, 6.45) is 7.35. The van der Waals surface area contributed by atoms with Gasteiger partial charge in [0.2, 0.25) is 6.41 Å². The number of nitrogens with zero attached hydrogens (tertiary/aromatic N) is 3. The largest absolute Gasteiger partial charge is 0.493 e. The summed E-state index contributed by atoms with van der Waals surface area (Å²) in [6.45, 7) is 6.27. The van der Waals surface area contributed by atoms with E-state index in [9.17, 15) is 14.4 Å². The molecule has 2 atom stereocenters. The summed E-state index contributed by atoms with van der Waals surface area (Å²) in [5.41, 5.74) is 5.13. The summed E-state index contributed by atoms with van der Waals surface area (Å²) in [7, 11) is 6.72. The van der Waals surface area contributed by atoms with Crippen LogP contribution in [-0.4, -0.2) is 101 Å². The Labute approximate surface area is 323 Å². The maximum atomic E-state index is 13.7. The van der Waals surface area contributed by atoms with Crippen molar-refractivity contribution in [2.75, 3.05) is 59.9 Å². The van der Waals surface area contributed by atoms with Crippen molar-refractivity contribution in [1.82, 2.24) is 15.1 Å². The highest BCUT2D eigenvalue weighted by Crippen LogP contribution is 2.37. The van der Waals surface area contributed by atoms with Gasteiger partial charge in [-0.05, 0) is 92.5 Å². The van der Waals surface area contributed by atoms with Gasteiger partial charge < -0.3 is 44.1 Å². The van der Waals surface area contributed by atoms with Crippen molar-refractivity contribution in [3.8, 4) is 23.0 Å². The number of unbranched alkanes of at least 4 members (excludes halogenated alkanes) is 2. The average Bonchev–Trinajstić information content (AvgIpc) is 3.66. The quantitative estimate of drug-likeness (QED) is 0.0839. The van der Waals surface area contributed by atoms with Gasteiger partial charge in [0.05, 0.1) is 39.2 Å². The number of fused-ring (bicyclic) bond motifs is 1. The zero-order valence-electron chi connectivity index (χ0n) is 32.3. The maximum absolute atomic E-state index is 13.7. The molecule has 55 heavy (non-hydrogen) atoms. The molecule has 0 aromatic heterocycles. The number of hydrogen-bond acceptors (Lipinski definition) is 10. The molecular weight excluding hydrogens is 702 g/mol. The van der Waals surface area contributed by atoms with Crippen molar-refractivity contribution in [1.29, 1.82) is 0 Å². The minimum absolute atomic E-state index is 0.114. The van der Waals surface area contributed by atoms with Crippen molar-refractivity contribution in [2.24, 2.45) is 4.99 Å². The molecule has 0 aliphatic carbocycles. The normalized spacial score (nSPS) is 16.3. The molecule has 5 rings (SSSR count). The number of carbonyl (C=O) groups excluding carboxylic acids is 3. The second kappa shape index (κ2) is 20.1. The van der Waals surface area contributed by atoms with Crippen molar-refractivity contribution < 1.29 is 38.1 Å². The lowest BCUT2D eigenvalue weighted by Gasteiger charge is -2.28. The summed E-state index contributed by atoms with van der Waals surface area (Å²) in [6, 6.07) is 16.4. The first-order valence-corrected chi connectivity index (χ1v) is 18.7. The van der Waals surface area contributed by atoms with E-state index in [1.54, 1.807) is 45.7 Å². The van der Waals surface area contributed by atoms with Gasteiger partial charge in [-0.25, -0.2) is 4.79 Å². The first kappa shape index (κ1) is 40.5. The summed E-state index contributed by atoms with van der Waals surface area (Å²) in [5.74, 6) is 2.18. The van der Waals surface area contributed by atoms with Crippen LogP contribution in [0, 0.1) is 0 Å². The van der Waals surface area contributed by atoms with Crippen LogP contribution < -0.4 is 29.6 Å². The van der Waals surface area contributed by atoms with Crippen LogP contribution in [0.1, 0.15) is 60.0 Å². The number of hydrogen-bond donors (Lipinski definition) is 2. The molecule has 2 aliphatic heterocycles. The summed E-state index contributed by atoms with van der Waals surface area (Å²) in [5, 5.41) is 5.83. The van der Waals surface area contributed by atoms with Crippen LogP contribution in [-0.2, 0) is 22.6 Å². The highest BCUT2D eigenvalue weighted by Gasteiger charge is 2.32. The Hall–Kier alpha value is -5.72. The van der Waals surface area contributed by atoms with Crippen LogP contribution in [0.4, 0.5) is 16.2 Å². The molecule has 1 saturated heterocycles. The van der Waals surface area contributed by atoms with Gasteiger partial charge in [0.15, 0.2) is 23.0 Å². The molecule has 294 valence electrons. The number of likely N-dealkylation sites (tertiary alicyclic amines) is 1. The molecule has 3 amide bonds. The van der Waals surface area contributed by atoms with Gasteiger partial charge in [0.25, 0.3) is 5.91 Å². The van der Waals surface area contributed by atoms with E-state index >= 15 is 0 Å². The lowest BCUT2D eigenvalue weighted by molar-refractivity contribution is -0.109. The molecule has 3 aromatic carbocycles. The molecule has 2 heterocycles. The van der Waals surface area contributed by atoms with Crippen molar-refractivity contribution in [3.63, 3.8) is 0 Å². The highest BCUT2D eigenvalue weighted by atomic mass is 16.6. The fourth-order valence-electron chi connectivity index (χ4n) is 6.73. The third kappa shape index (κ3) is 11.2. The van der Waals surface area contributed by atoms with E-state index in [-0.39, 0.29) is 24.6 Å². The second-order valence-corrected chi connectivity index (χ2v) is 13.7. The Morgan fingerprint density at radius 1 is 0.964 bits per heavy atom. The Morgan fingerprint density at radius 3 is 2.40 bits per heavy atom. The van der Waals surface area contributed by atoms with E-state index in [0.29, 0.717) is 74.1 Å². The predicted octanol–water partition coefficient (Wildman–Crippen LogP) is 6.57. The minimum atomic E-state index is -0.431.